The van der Waals surface area contributed by atoms with Gasteiger partial charge in [0.05, 0.1) is 0 Å². The van der Waals surface area contributed by atoms with E-state index in [0.717, 1.165) is 20.7 Å². The van der Waals surface area contributed by atoms with Crippen LogP contribution < -0.4 is 0 Å². The van der Waals surface area contributed by atoms with Crippen molar-refractivity contribution >= 4 is 35.0 Å². The number of thiol groups is 1. The topological polar surface area (TPSA) is 0 Å². The summed E-state index contributed by atoms with van der Waals surface area (Å²) in [6.07, 6.45) is 0. The molecule has 0 fully saturated rings. The predicted molar refractivity (Wildman–Crippen MR) is 56.2 cm³/mol. The number of benzene rings is 2. The van der Waals surface area contributed by atoms with Crippen LogP contribution in [0.4, 0.5) is 0 Å². The Hall–Kier alpha value is -0.660. The third-order valence-electron chi connectivity index (χ3n) is 1.85. The second kappa shape index (κ2) is 3.00. The van der Waals surface area contributed by atoms with Crippen molar-refractivity contribution in [2.45, 2.75) is 4.90 Å². The highest BCUT2D eigenvalue weighted by atomic mass is 35.5. The highest BCUT2D eigenvalue weighted by Gasteiger charge is 1.98. The van der Waals surface area contributed by atoms with Crippen LogP contribution in [0.2, 0.25) is 5.02 Å². The normalized spacial score (nSPS) is 10.5. The van der Waals surface area contributed by atoms with E-state index in [1.165, 1.54) is 0 Å². The van der Waals surface area contributed by atoms with Crippen LogP contribution >= 0.6 is 24.2 Å². The fourth-order valence-corrected chi connectivity index (χ4v) is 1.77. The Morgan fingerprint density at radius 1 is 0.917 bits per heavy atom. The van der Waals surface area contributed by atoms with E-state index >= 15 is 0 Å². The molecule has 0 saturated heterocycles. The van der Waals surface area contributed by atoms with Crippen LogP contribution in [0.5, 0.6) is 0 Å². The number of hydrogen-bond acceptors (Lipinski definition) is 1. The Morgan fingerprint density at radius 3 is 2.33 bits per heavy atom. The first-order valence-electron chi connectivity index (χ1n) is 3.65. The second-order valence-corrected chi connectivity index (χ2v) is 3.50. The molecule has 0 aromatic heterocycles. The van der Waals surface area contributed by atoms with Crippen molar-refractivity contribution in [3.63, 3.8) is 0 Å². The number of halogens is 1. The molecule has 0 bridgehead atoms. The molecule has 2 aromatic rings. The van der Waals surface area contributed by atoms with Gasteiger partial charge in [-0.05, 0) is 17.5 Å². The maximum absolute atomic E-state index is 6.00. The van der Waals surface area contributed by atoms with Gasteiger partial charge in [-0.25, -0.2) is 0 Å². The fourth-order valence-electron chi connectivity index (χ4n) is 1.26. The van der Waals surface area contributed by atoms with Crippen molar-refractivity contribution in [1.82, 2.24) is 0 Å². The molecule has 0 spiro atoms. The molecule has 0 saturated carbocycles. The smallest absolute Gasteiger partial charge is 0.0484 e. The minimum Gasteiger partial charge on any atom is -0.143 e. The minimum absolute atomic E-state index is 0.781. The van der Waals surface area contributed by atoms with E-state index in [1.54, 1.807) is 0 Å². The third-order valence-corrected chi connectivity index (χ3v) is 2.57. The molecule has 2 aromatic carbocycles. The molecular formula is C10H7ClS. The van der Waals surface area contributed by atoms with Gasteiger partial charge >= 0.3 is 0 Å². The molecule has 0 radical (unpaired) electrons. The lowest BCUT2D eigenvalue weighted by Gasteiger charge is -2.01. The standard InChI is InChI=1S/C10H7ClS/c11-9-5-1-4-8-7(9)3-2-6-10(8)12/h1-6,12H. The lowest BCUT2D eigenvalue weighted by atomic mass is 10.1. The first-order valence-corrected chi connectivity index (χ1v) is 4.48. The summed E-state index contributed by atoms with van der Waals surface area (Å²) in [6, 6.07) is 11.8. The van der Waals surface area contributed by atoms with Gasteiger partial charge in [-0.15, -0.1) is 12.6 Å². The number of fused-ring (bicyclic) bond motifs is 1. The van der Waals surface area contributed by atoms with Gasteiger partial charge in [-0.1, -0.05) is 35.9 Å². The molecule has 0 heterocycles. The summed E-state index contributed by atoms with van der Waals surface area (Å²) in [5.41, 5.74) is 0. The fraction of sp³-hybridized carbons (Fsp3) is 0. The molecule has 0 unspecified atom stereocenters. The predicted octanol–water partition coefficient (Wildman–Crippen LogP) is 3.78. The summed E-state index contributed by atoms with van der Waals surface area (Å²) < 4.78 is 0. The van der Waals surface area contributed by atoms with Crippen LogP contribution in [-0.4, -0.2) is 0 Å². The Morgan fingerprint density at radius 2 is 1.58 bits per heavy atom. The van der Waals surface area contributed by atoms with Gasteiger partial charge in [0.25, 0.3) is 0 Å². The molecule has 0 aliphatic rings. The van der Waals surface area contributed by atoms with Crippen molar-refractivity contribution < 1.29 is 0 Å². The highest BCUT2D eigenvalue weighted by Crippen LogP contribution is 2.27. The summed E-state index contributed by atoms with van der Waals surface area (Å²) in [5, 5.41) is 2.95. The Kier molecular flexibility index (Phi) is 1.99. The molecule has 0 amide bonds. The molecule has 0 atom stereocenters. The molecule has 0 nitrogen and oxygen atoms in total. The van der Waals surface area contributed by atoms with Crippen LogP contribution in [0.3, 0.4) is 0 Å². The number of rotatable bonds is 0. The van der Waals surface area contributed by atoms with E-state index in [2.05, 4.69) is 12.6 Å². The maximum atomic E-state index is 6.00. The van der Waals surface area contributed by atoms with Gasteiger partial charge in [-0.2, -0.15) is 0 Å². The zero-order valence-electron chi connectivity index (χ0n) is 6.29. The molecule has 12 heavy (non-hydrogen) atoms. The van der Waals surface area contributed by atoms with E-state index < -0.39 is 0 Å². The van der Waals surface area contributed by atoms with Crippen molar-refractivity contribution in [2.75, 3.05) is 0 Å². The summed E-state index contributed by atoms with van der Waals surface area (Å²) in [5.74, 6) is 0. The van der Waals surface area contributed by atoms with Gasteiger partial charge in [0.2, 0.25) is 0 Å². The molecule has 2 rings (SSSR count). The van der Waals surface area contributed by atoms with Gasteiger partial charge in [0.1, 0.15) is 0 Å². The second-order valence-electron chi connectivity index (χ2n) is 2.61. The van der Waals surface area contributed by atoms with Crippen LogP contribution in [0.1, 0.15) is 0 Å². The maximum Gasteiger partial charge on any atom is 0.0484 e. The van der Waals surface area contributed by atoms with Crippen molar-refractivity contribution in [2.24, 2.45) is 0 Å². The van der Waals surface area contributed by atoms with Gasteiger partial charge in [-0.3, -0.25) is 0 Å². The van der Waals surface area contributed by atoms with Crippen molar-refractivity contribution in [3.8, 4) is 0 Å². The summed E-state index contributed by atoms with van der Waals surface area (Å²) >= 11 is 10.3. The van der Waals surface area contributed by atoms with Crippen LogP contribution in [0, 0.1) is 0 Å². The lowest BCUT2D eigenvalue weighted by Crippen LogP contribution is -1.74. The Bertz CT molecular complexity index is 382. The summed E-state index contributed by atoms with van der Waals surface area (Å²) in [6.45, 7) is 0. The first-order chi connectivity index (χ1) is 5.79. The third kappa shape index (κ3) is 1.19. The summed E-state index contributed by atoms with van der Waals surface area (Å²) in [4.78, 5) is 0.968. The monoisotopic (exact) mass is 194 g/mol. The van der Waals surface area contributed by atoms with Gasteiger partial charge in [0.15, 0.2) is 0 Å². The van der Waals surface area contributed by atoms with Crippen LogP contribution in [0.15, 0.2) is 41.3 Å². The van der Waals surface area contributed by atoms with Gasteiger partial charge < -0.3 is 0 Å². The highest BCUT2D eigenvalue weighted by molar-refractivity contribution is 7.80. The number of hydrogen-bond donors (Lipinski definition) is 1. The molecule has 0 aliphatic heterocycles. The quantitative estimate of drug-likeness (QED) is 0.607. The minimum atomic E-state index is 0.781. The summed E-state index contributed by atoms with van der Waals surface area (Å²) in [7, 11) is 0. The molecule has 0 N–H and O–H groups in total. The molecule has 2 heteroatoms. The Balaban J connectivity index is 2.94. The van der Waals surface area contributed by atoms with E-state index in [1.807, 2.05) is 36.4 Å². The Labute approximate surface area is 81.6 Å². The first kappa shape index (κ1) is 7.96. The average molecular weight is 195 g/mol. The van der Waals surface area contributed by atoms with Crippen molar-refractivity contribution in [3.05, 3.63) is 41.4 Å². The lowest BCUT2D eigenvalue weighted by molar-refractivity contribution is 1.56. The zero-order chi connectivity index (χ0) is 8.55. The van der Waals surface area contributed by atoms with Crippen LogP contribution in [0.25, 0.3) is 10.8 Å². The molecular weight excluding hydrogens is 188 g/mol. The van der Waals surface area contributed by atoms with E-state index in [4.69, 9.17) is 11.6 Å². The molecule has 60 valence electrons. The van der Waals surface area contributed by atoms with Crippen molar-refractivity contribution in [1.29, 1.82) is 0 Å². The van der Waals surface area contributed by atoms with E-state index in [9.17, 15) is 0 Å². The zero-order valence-corrected chi connectivity index (χ0v) is 7.94. The largest absolute Gasteiger partial charge is 0.143 e. The SMILES string of the molecule is Sc1cccc2c(Cl)cccc12. The van der Waals surface area contributed by atoms with Gasteiger partial charge in [0, 0.05) is 15.3 Å². The molecule has 0 aliphatic carbocycles. The average Bonchev–Trinajstić information content (AvgIpc) is 2.07. The van der Waals surface area contributed by atoms with Crippen LogP contribution in [-0.2, 0) is 0 Å². The van der Waals surface area contributed by atoms with E-state index in [-0.39, 0.29) is 0 Å². The van der Waals surface area contributed by atoms with E-state index in [0.29, 0.717) is 0 Å².